The zero-order valence-corrected chi connectivity index (χ0v) is 17.8. The molecule has 32 heavy (non-hydrogen) atoms. The van der Waals surface area contributed by atoms with Gasteiger partial charge in [-0.25, -0.2) is 0 Å². The standard InChI is InChI=1S/C23H25F3N4O2/c1-28-8-2-3-20(28)21(32)30-13-17(14-31)22(15-30)6-9-29(10-7-22)18-5-4-16(12-27)19(11-18)23(24,25)26/h2-5,8,11,17,31H,6-7,9-10,13-15H2,1H3. The van der Waals surface area contributed by atoms with Gasteiger partial charge in [0, 0.05) is 57.6 Å². The van der Waals surface area contributed by atoms with Crippen LogP contribution in [-0.4, -0.2) is 53.3 Å². The largest absolute Gasteiger partial charge is 0.417 e. The van der Waals surface area contributed by atoms with E-state index in [0.717, 1.165) is 6.07 Å². The van der Waals surface area contributed by atoms with Crippen LogP contribution in [0.1, 0.15) is 34.5 Å². The Morgan fingerprint density at radius 1 is 1.28 bits per heavy atom. The number of likely N-dealkylation sites (tertiary alicyclic amines) is 1. The molecule has 9 heteroatoms. The first kappa shape index (κ1) is 22.2. The number of nitrogens with zero attached hydrogens (tertiary/aromatic N) is 4. The Bertz CT molecular complexity index is 1050. The van der Waals surface area contributed by atoms with Crippen molar-refractivity contribution in [2.24, 2.45) is 18.4 Å². The summed E-state index contributed by atoms with van der Waals surface area (Å²) in [6, 6.07) is 9.00. The summed E-state index contributed by atoms with van der Waals surface area (Å²) in [4.78, 5) is 16.6. The van der Waals surface area contributed by atoms with Crippen LogP contribution in [-0.2, 0) is 13.2 Å². The number of aromatic nitrogens is 1. The van der Waals surface area contributed by atoms with Crippen LogP contribution in [0.5, 0.6) is 0 Å². The van der Waals surface area contributed by atoms with Crippen LogP contribution in [0.15, 0.2) is 36.5 Å². The third-order valence-corrected chi connectivity index (χ3v) is 7.04. The molecule has 170 valence electrons. The lowest BCUT2D eigenvalue weighted by Gasteiger charge is -2.43. The quantitative estimate of drug-likeness (QED) is 0.786. The number of carbonyl (C=O) groups excluding carboxylic acids is 1. The Hall–Kier alpha value is -2.99. The smallest absolute Gasteiger partial charge is 0.396 e. The molecule has 4 rings (SSSR count). The van der Waals surface area contributed by atoms with Gasteiger partial charge in [0.1, 0.15) is 5.69 Å². The number of anilines is 1. The van der Waals surface area contributed by atoms with Crippen molar-refractivity contribution in [3.05, 3.63) is 53.3 Å². The highest BCUT2D eigenvalue weighted by atomic mass is 19.4. The van der Waals surface area contributed by atoms with Crippen LogP contribution in [0.25, 0.3) is 0 Å². The monoisotopic (exact) mass is 446 g/mol. The first-order valence-electron chi connectivity index (χ1n) is 10.6. The van der Waals surface area contributed by atoms with Crippen LogP contribution >= 0.6 is 0 Å². The second kappa shape index (κ2) is 8.17. The lowest BCUT2D eigenvalue weighted by molar-refractivity contribution is -0.137. The molecule has 0 aliphatic carbocycles. The van der Waals surface area contributed by atoms with E-state index >= 15 is 0 Å². The van der Waals surface area contributed by atoms with Crippen LogP contribution in [0.3, 0.4) is 0 Å². The lowest BCUT2D eigenvalue weighted by Crippen LogP contribution is -2.45. The normalized spacial score (nSPS) is 20.6. The van der Waals surface area contributed by atoms with Gasteiger partial charge >= 0.3 is 6.18 Å². The molecule has 1 amide bonds. The van der Waals surface area contributed by atoms with E-state index in [-0.39, 0.29) is 29.4 Å². The van der Waals surface area contributed by atoms with Crippen molar-refractivity contribution in [3.63, 3.8) is 0 Å². The van der Waals surface area contributed by atoms with Crippen LogP contribution in [0, 0.1) is 22.7 Å². The number of aliphatic hydroxyl groups excluding tert-OH is 1. The van der Waals surface area contributed by atoms with Crippen molar-refractivity contribution in [3.8, 4) is 6.07 Å². The Morgan fingerprint density at radius 2 is 2.00 bits per heavy atom. The van der Waals surface area contributed by atoms with Gasteiger partial charge in [-0.2, -0.15) is 18.4 Å². The highest BCUT2D eigenvalue weighted by Crippen LogP contribution is 2.46. The van der Waals surface area contributed by atoms with Crippen molar-refractivity contribution in [2.75, 3.05) is 37.7 Å². The molecule has 1 N–H and O–H groups in total. The second-order valence-corrected chi connectivity index (χ2v) is 8.76. The summed E-state index contributed by atoms with van der Waals surface area (Å²) in [7, 11) is 1.81. The Morgan fingerprint density at radius 3 is 2.56 bits per heavy atom. The molecule has 1 aromatic heterocycles. The van der Waals surface area contributed by atoms with Gasteiger partial charge in [0.2, 0.25) is 0 Å². The number of halogens is 3. The molecular weight excluding hydrogens is 421 g/mol. The highest BCUT2D eigenvalue weighted by Gasteiger charge is 2.49. The van der Waals surface area contributed by atoms with E-state index in [0.29, 0.717) is 50.4 Å². The molecule has 0 bridgehead atoms. The first-order valence-corrected chi connectivity index (χ1v) is 10.6. The van der Waals surface area contributed by atoms with Gasteiger partial charge < -0.3 is 19.5 Å². The minimum atomic E-state index is -4.59. The summed E-state index contributed by atoms with van der Waals surface area (Å²) < 4.78 is 41.8. The molecule has 1 aromatic carbocycles. The van der Waals surface area contributed by atoms with Gasteiger partial charge in [-0.3, -0.25) is 4.79 Å². The van der Waals surface area contributed by atoms with E-state index < -0.39 is 11.7 Å². The number of carbonyl (C=O) groups is 1. The minimum Gasteiger partial charge on any atom is -0.396 e. The fourth-order valence-electron chi connectivity index (χ4n) is 5.12. The van der Waals surface area contributed by atoms with Gasteiger partial charge in [-0.15, -0.1) is 0 Å². The van der Waals surface area contributed by atoms with Crippen LogP contribution in [0.2, 0.25) is 0 Å². The minimum absolute atomic E-state index is 0.0357. The van der Waals surface area contributed by atoms with Crippen molar-refractivity contribution in [1.82, 2.24) is 9.47 Å². The number of nitriles is 1. The summed E-state index contributed by atoms with van der Waals surface area (Å²) in [6.45, 7) is 2.00. The van der Waals surface area contributed by atoms with Crippen LogP contribution < -0.4 is 4.90 Å². The molecule has 0 radical (unpaired) electrons. The summed E-state index contributed by atoms with van der Waals surface area (Å²) in [6.07, 6.45) is -1.45. The molecule has 0 saturated carbocycles. The zero-order chi connectivity index (χ0) is 23.1. The number of benzene rings is 1. The number of rotatable bonds is 3. The van der Waals surface area contributed by atoms with E-state index in [9.17, 15) is 23.1 Å². The molecule has 2 saturated heterocycles. The highest BCUT2D eigenvalue weighted by molar-refractivity contribution is 5.93. The van der Waals surface area contributed by atoms with E-state index in [1.54, 1.807) is 27.7 Å². The van der Waals surface area contributed by atoms with Gasteiger partial charge in [0.25, 0.3) is 5.91 Å². The van der Waals surface area contributed by atoms with Gasteiger partial charge in [-0.05, 0) is 48.6 Å². The maximum absolute atomic E-state index is 13.3. The second-order valence-electron chi connectivity index (χ2n) is 8.76. The predicted molar refractivity (Wildman–Crippen MR) is 112 cm³/mol. The van der Waals surface area contributed by atoms with Gasteiger partial charge in [-0.1, -0.05) is 0 Å². The molecule has 1 spiro atoms. The molecule has 2 aliphatic rings. The number of aliphatic hydroxyl groups is 1. The number of hydrogen-bond donors (Lipinski definition) is 1. The molecule has 2 aliphatic heterocycles. The predicted octanol–water partition coefficient (Wildman–Crippen LogP) is 3.27. The van der Waals surface area contributed by atoms with E-state index in [1.165, 1.54) is 6.07 Å². The summed E-state index contributed by atoms with van der Waals surface area (Å²) in [5, 5.41) is 19.0. The SMILES string of the molecule is Cn1cccc1C(=O)N1CC(CO)C2(CCN(c3ccc(C#N)c(C(F)(F)F)c3)CC2)C1. The summed E-state index contributed by atoms with van der Waals surface area (Å²) in [5.74, 6) is -0.141. The third-order valence-electron chi connectivity index (χ3n) is 7.04. The van der Waals surface area contributed by atoms with Gasteiger partial charge in [0.15, 0.2) is 0 Å². The number of aryl methyl sites for hydroxylation is 1. The number of alkyl halides is 3. The molecule has 6 nitrogen and oxygen atoms in total. The van der Waals surface area contributed by atoms with E-state index in [1.807, 2.05) is 24.2 Å². The Labute approximate surface area is 184 Å². The average Bonchev–Trinajstić information content (AvgIpc) is 3.36. The topological polar surface area (TPSA) is 72.5 Å². The maximum atomic E-state index is 13.3. The van der Waals surface area contributed by atoms with Crippen molar-refractivity contribution >= 4 is 11.6 Å². The zero-order valence-electron chi connectivity index (χ0n) is 17.8. The average molecular weight is 446 g/mol. The Kier molecular flexibility index (Phi) is 5.67. The molecule has 3 heterocycles. The Balaban J connectivity index is 1.51. The van der Waals surface area contributed by atoms with Crippen molar-refractivity contribution in [2.45, 2.75) is 19.0 Å². The van der Waals surface area contributed by atoms with Crippen molar-refractivity contribution < 1.29 is 23.1 Å². The molecule has 2 fully saturated rings. The van der Waals surface area contributed by atoms with E-state index in [2.05, 4.69) is 0 Å². The van der Waals surface area contributed by atoms with E-state index in [4.69, 9.17) is 5.26 Å². The number of amides is 1. The number of hydrogen-bond acceptors (Lipinski definition) is 4. The maximum Gasteiger partial charge on any atom is 0.417 e. The molecule has 1 atom stereocenters. The fourth-order valence-corrected chi connectivity index (χ4v) is 5.12. The van der Waals surface area contributed by atoms with Crippen LogP contribution in [0.4, 0.5) is 18.9 Å². The lowest BCUT2D eigenvalue weighted by atomic mass is 9.71. The summed E-state index contributed by atoms with van der Waals surface area (Å²) >= 11 is 0. The van der Waals surface area contributed by atoms with Crippen molar-refractivity contribution in [1.29, 1.82) is 5.26 Å². The first-order chi connectivity index (χ1) is 15.2. The third kappa shape index (κ3) is 3.84. The molecule has 1 unspecified atom stereocenters. The molecular formula is C23H25F3N4O2. The number of piperidine rings is 1. The molecule has 2 aromatic rings. The fraction of sp³-hybridized carbons (Fsp3) is 0.478. The summed E-state index contributed by atoms with van der Waals surface area (Å²) in [5.41, 5.74) is -0.548. The van der Waals surface area contributed by atoms with Gasteiger partial charge in [0.05, 0.1) is 17.2 Å².